The van der Waals surface area contributed by atoms with Crippen molar-refractivity contribution in [3.8, 4) is 0 Å². The number of aryl methyl sites for hydroxylation is 1. The van der Waals surface area contributed by atoms with Crippen molar-refractivity contribution in [1.82, 2.24) is 10.3 Å². The Bertz CT molecular complexity index is 652. The Morgan fingerprint density at radius 3 is 2.74 bits per heavy atom. The largest absolute Gasteiger partial charge is 0.321 e. The zero-order valence-electron chi connectivity index (χ0n) is 13.2. The fraction of sp³-hybridized carbons (Fsp3) is 0.333. The number of nitrogens with one attached hydrogen (secondary N) is 2. The van der Waals surface area contributed by atoms with Crippen LogP contribution in [0, 0.1) is 6.92 Å². The lowest BCUT2D eigenvalue weighted by atomic mass is 9.92. The molecular formula is C18H22ClN3O. The summed E-state index contributed by atoms with van der Waals surface area (Å²) in [5.41, 5.74) is 3.63. The van der Waals surface area contributed by atoms with E-state index in [9.17, 15) is 4.79 Å². The average Bonchev–Trinajstić information content (AvgIpc) is 2.58. The third kappa shape index (κ3) is 4.53. The molecule has 0 bridgehead atoms. The Morgan fingerprint density at radius 1 is 1.26 bits per heavy atom. The quantitative estimate of drug-likeness (QED) is 0.904. The molecule has 0 saturated carbocycles. The zero-order chi connectivity index (χ0) is 15.4. The summed E-state index contributed by atoms with van der Waals surface area (Å²) in [5.74, 6) is 0.317. The number of hydrogen-bond acceptors (Lipinski definition) is 3. The van der Waals surface area contributed by atoms with Crippen LogP contribution in [0.3, 0.4) is 0 Å². The first-order valence-electron chi connectivity index (χ1n) is 7.77. The van der Waals surface area contributed by atoms with E-state index in [1.165, 1.54) is 17.5 Å². The number of rotatable bonds is 3. The van der Waals surface area contributed by atoms with E-state index >= 15 is 0 Å². The molecule has 1 aromatic heterocycles. The van der Waals surface area contributed by atoms with E-state index < -0.39 is 0 Å². The Kier molecular flexibility index (Phi) is 6.13. The summed E-state index contributed by atoms with van der Waals surface area (Å²) >= 11 is 0. The Balaban J connectivity index is 0.00000192. The number of carbonyl (C=O) groups excluding carboxylic acids is 1. The van der Waals surface area contributed by atoms with Crippen LogP contribution in [0.4, 0.5) is 5.69 Å². The molecule has 3 rings (SSSR count). The third-order valence-electron chi connectivity index (χ3n) is 4.09. The molecule has 0 spiro atoms. The van der Waals surface area contributed by atoms with E-state index in [2.05, 4.69) is 15.6 Å². The summed E-state index contributed by atoms with van der Waals surface area (Å²) in [5, 5.41) is 6.30. The number of aromatic nitrogens is 1. The van der Waals surface area contributed by atoms with Crippen LogP contribution in [-0.2, 0) is 0 Å². The number of benzene rings is 1. The van der Waals surface area contributed by atoms with Gasteiger partial charge in [-0.25, -0.2) is 0 Å². The van der Waals surface area contributed by atoms with Crippen molar-refractivity contribution in [1.29, 1.82) is 0 Å². The molecule has 1 aliphatic heterocycles. The molecule has 2 N–H and O–H groups in total. The number of pyridine rings is 1. The van der Waals surface area contributed by atoms with Crippen molar-refractivity contribution in [2.24, 2.45) is 0 Å². The van der Waals surface area contributed by atoms with Crippen LogP contribution < -0.4 is 10.6 Å². The molecule has 122 valence electrons. The van der Waals surface area contributed by atoms with Gasteiger partial charge < -0.3 is 10.6 Å². The standard InChI is InChI=1S/C18H21N3O.ClH/c1-13-4-6-16(7-5-13)21-18(22)17-11-14(8-10-20-17)15-3-2-9-19-12-15;/h4-8,10-11,15,19H,2-3,9,12H2,1H3,(H,21,22);1H. The highest BCUT2D eigenvalue weighted by molar-refractivity contribution is 6.02. The highest BCUT2D eigenvalue weighted by atomic mass is 35.5. The molecule has 5 heteroatoms. The molecule has 0 radical (unpaired) electrons. The molecular weight excluding hydrogens is 310 g/mol. The first kappa shape index (κ1) is 17.4. The van der Waals surface area contributed by atoms with E-state index in [4.69, 9.17) is 0 Å². The van der Waals surface area contributed by atoms with Crippen LogP contribution in [0.15, 0.2) is 42.6 Å². The van der Waals surface area contributed by atoms with Gasteiger partial charge in [-0.2, -0.15) is 0 Å². The lowest BCUT2D eigenvalue weighted by Gasteiger charge is -2.23. The van der Waals surface area contributed by atoms with E-state index in [1.54, 1.807) is 6.20 Å². The summed E-state index contributed by atoms with van der Waals surface area (Å²) in [6.45, 7) is 4.08. The van der Waals surface area contributed by atoms with E-state index in [-0.39, 0.29) is 18.3 Å². The molecule has 4 nitrogen and oxygen atoms in total. The zero-order valence-corrected chi connectivity index (χ0v) is 14.0. The third-order valence-corrected chi connectivity index (χ3v) is 4.09. The monoisotopic (exact) mass is 331 g/mol. The average molecular weight is 332 g/mol. The molecule has 23 heavy (non-hydrogen) atoms. The number of anilines is 1. The highest BCUT2D eigenvalue weighted by Crippen LogP contribution is 2.23. The van der Waals surface area contributed by atoms with Crippen molar-refractivity contribution >= 4 is 24.0 Å². The van der Waals surface area contributed by atoms with Gasteiger partial charge in [-0.05, 0) is 62.1 Å². The van der Waals surface area contributed by atoms with Crippen molar-refractivity contribution in [2.75, 3.05) is 18.4 Å². The van der Waals surface area contributed by atoms with Gasteiger partial charge in [0.2, 0.25) is 0 Å². The van der Waals surface area contributed by atoms with Crippen molar-refractivity contribution < 1.29 is 4.79 Å². The summed E-state index contributed by atoms with van der Waals surface area (Å²) in [6, 6.07) is 11.7. The van der Waals surface area contributed by atoms with Gasteiger partial charge in [-0.3, -0.25) is 9.78 Å². The summed E-state index contributed by atoms with van der Waals surface area (Å²) in [7, 11) is 0. The molecule has 1 saturated heterocycles. The van der Waals surface area contributed by atoms with Crippen molar-refractivity contribution in [2.45, 2.75) is 25.7 Å². The van der Waals surface area contributed by atoms with Crippen LogP contribution >= 0.6 is 12.4 Å². The topological polar surface area (TPSA) is 54.0 Å². The second-order valence-electron chi connectivity index (χ2n) is 5.84. The van der Waals surface area contributed by atoms with E-state index in [0.29, 0.717) is 11.6 Å². The summed E-state index contributed by atoms with van der Waals surface area (Å²) < 4.78 is 0. The fourth-order valence-electron chi connectivity index (χ4n) is 2.79. The normalized spacial score (nSPS) is 17.2. The summed E-state index contributed by atoms with van der Waals surface area (Å²) in [6.07, 6.45) is 4.07. The Morgan fingerprint density at radius 2 is 2.04 bits per heavy atom. The van der Waals surface area contributed by atoms with E-state index in [0.717, 1.165) is 25.2 Å². The predicted octanol–water partition coefficient (Wildman–Crippen LogP) is 3.53. The number of halogens is 1. The minimum Gasteiger partial charge on any atom is -0.321 e. The second kappa shape index (κ2) is 8.09. The second-order valence-corrected chi connectivity index (χ2v) is 5.84. The van der Waals surface area contributed by atoms with Gasteiger partial charge in [0.1, 0.15) is 5.69 Å². The molecule has 1 fully saturated rings. The Labute approximate surface area is 143 Å². The van der Waals surface area contributed by atoms with Gasteiger partial charge in [-0.1, -0.05) is 17.7 Å². The van der Waals surface area contributed by atoms with Crippen LogP contribution in [0.25, 0.3) is 0 Å². The van der Waals surface area contributed by atoms with Gasteiger partial charge in [0.25, 0.3) is 5.91 Å². The van der Waals surface area contributed by atoms with E-state index in [1.807, 2.05) is 43.3 Å². The SMILES string of the molecule is Cc1ccc(NC(=O)c2cc(C3CCCNC3)ccn2)cc1.Cl. The minimum absolute atomic E-state index is 0. The molecule has 2 aromatic rings. The van der Waals surface area contributed by atoms with Crippen LogP contribution in [-0.4, -0.2) is 24.0 Å². The smallest absolute Gasteiger partial charge is 0.274 e. The van der Waals surface area contributed by atoms with Crippen LogP contribution in [0.1, 0.15) is 40.4 Å². The van der Waals surface area contributed by atoms with Crippen LogP contribution in [0.2, 0.25) is 0 Å². The molecule has 0 aliphatic carbocycles. The van der Waals surface area contributed by atoms with Gasteiger partial charge in [0, 0.05) is 18.4 Å². The maximum atomic E-state index is 12.3. The lowest BCUT2D eigenvalue weighted by molar-refractivity contribution is 0.102. The van der Waals surface area contributed by atoms with Gasteiger partial charge in [0.05, 0.1) is 0 Å². The summed E-state index contributed by atoms with van der Waals surface area (Å²) in [4.78, 5) is 16.6. The minimum atomic E-state index is -0.158. The number of piperidine rings is 1. The first-order valence-corrected chi connectivity index (χ1v) is 7.77. The van der Waals surface area contributed by atoms with Gasteiger partial charge >= 0.3 is 0 Å². The molecule has 2 heterocycles. The number of amides is 1. The molecule has 1 aliphatic rings. The van der Waals surface area contributed by atoms with Gasteiger partial charge in [-0.15, -0.1) is 12.4 Å². The molecule has 1 amide bonds. The number of nitrogens with zero attached hydrogens (tertiary/aromatic N) is 1. The molecule has 1 aromatic carbocycles. The van der Waals surface area contributed by atoms with Gasteiger partial charge in [0.15, 0.2) is 0 Å². The van der Waals surface area contributed by atoms with Crippen molar-refractivity contribution in [3.63, 3.8) is 0 Å². The maximum Gasteiger partial charge on any atom is 0.274 e. The number of carbonyl (C=O) groups is 1. The maximum absolute atomic E-state index is 12.3. The van der Waals surface area contributed by atoms with Crippen molar-refractivity contribution in [3.05, 3.63) is 59.4 Å². The first-order chi connectivity index (χ1) is 10.7. The molecule has 1 unspecified atom stereocenters. The fourth-order valence-corrected chi connectivity index (χ4v) is 2.79. The molecule has 1 atom stereocenters. The highest BCUT2D eigenvalue weighted by Gasteiger charge is 2.17. The Hall–Kier alpha value is -1.91. The van der Waals surface area contributed by atoms with Crippen LogP contribution in [0.5, 0.6) is 0 Å². The predicted molar refractivity (Wildman–Crippen MR) is 95.5 cm³/mol. The lowest BCUT2D eigenvalue weighted by Crippen LogP contribution is -2.28. The number of hydrogen-bond donors (Lipinski definition) is 2.